The van der Waals surface area contributed by atoms with Crippen molar-refractivity contribution in [2.75, 3.05) is 0 Å². The molecule has 0 aliphatic carbocycles. The van der Waals surface area contributed by atoms with E-state index in [0.717, 1.165) is 24.0 Å². The predicted octanol–water partition coefficient (Wildman–Crippen LogP) is 5.03. The van der Waals surface area contributed by atoms with Crippen molar-refractivity contribution in [1.29, 1.82) is 0 Å². The van der Waals surface area contributed by atoms with Crippen molar-refractivity contribution in [3.8, 4) is 22.6 Å². The molecule has 0 amide bonds. The monoisotopic (exact) mass is 370 g/mol. The van der Waals surface area contributed by atoms with Gasteiger partial charge in [-0.25, -0.2) is 0 Å². The Bertz CT molecular complexity index is 872. The molecule has 2 heterocycles. The van der Waals surface area contributed by atoms with Gasteiger partial charge in [-0.15, -0.1) is 0 Å². The maximum absolute atomic E-state index is 9.11. The van der Waals surface area contributed by atoms with E-state index in [1.54, 1.807) is 24.3 Å². The minimum atomic E-state index is 0.257. The molecule has 0 spiro atoms. The lowest BCUT2D eigenvalue weighted by molar-refractivity contribution is 0.474. The Hall–Kier alpha value is -3.66. The van der Waals surface area contributed by atoms with Gasteiger partial charge in [0.05, 0.1) is 0 Å². The zero-order valence-electron chi connectivity index (χ0n) is 15.4. The van der Waals surface area contributed by atoms with Crippen LogP contribution < -0.4 is 0 Å². The van der Waals surface area contributed by atoms with E-state index >= 15 is 0 Å². The van der Waals surface area contributed by atoms with Crippen LogP contribution in [0.5, 0.6) is 11.5 Å². The van der Waals surface area contributed by atoms with E-state index in [2.05, 4.69) is 34.2 Å². The second-order valence-electron chi connectivity index (χ2n) is 6.30. The number of aryl methyl sites for hydroxylation is 2. The van der Waals surface area contributed by atoms with Gasteiger partial charge in [-0.05, 0) is 83.6 Å². The molecule has 0 unspecified atom stereocenters. The molecule has 2 aromatic carbocycles. The molecule has 28 heavy (non-hydrogen) atoms. The van der Waals surface area contributed by atoms with Crippen LogP contribution in [0.1, 0.15) is 11.1 Å². The lowest BCUT2D eigenvalue weighted by Gasteiger charge is -2.01. The lowest BCUT2D eigenvalue weighted by atomic mass is 10.1. The highest BCUT2D eigenvalue weighted by molar-refractivity contribution is 5.64. The van der Waals surface area contributed by atoms with Crippen LogP contribution in [0.25, 0.3) is 11.1 Å². The molecule has 140 valence electrons. The Kier molecular flexibility index (Phi) is 6.74. The van der Waals surface area contributed by atoms with Crippen molar-refractivity contribution >= 4 is 0 Å². The number of hydrogen-bond donors (Lipinski definition) is 2. The lowest BCUT2D eigenvalue weighted by Crippen LogP contribution is -1.91. The van der Waals surface area contributed by atoms with Crippen LogP contribution in [0.15, 0.2) is 97.6 Å². The second kappa shape index (κ2) is 9.88. The topological polar surface area (TPSA) is 66.2 Å². The van der Waals surface area contributed by atoms with Crippen LogP contribution in [-0.2, 0) is 12.8 Å². The third kappa shape index (κ3) is 5.95. The van der Waals surface area contributed by atoms with Crippen molar-refractivity contribution in [2.24, 2.45) is 0 Å². The molecule has 0 atom stereocenters. The molecule has 0 aliphatic rings. The molecule has 4 heteroatoms. The van der Waals surface area contributed by atoms with Gasteiger partial charge in [-0.2, -0.15) is 0 Å². The Balaban J connectivity index is 0.000000161. The maximum Gasteiger partial charge on any atom is 0.115 e. The summed E-state index contributed by atoms with van der Waals surface area (Å²) in [7, 11) is 0. The molecular weight excluding hydrogens is 348 g/mol. The minimum absolute atomic E-state index is 0.257. The Labute approximate surface area is 164 Å². The van der Waals surface area contributed by atoms with Gasteiger partial charge in [-0.3, -0.25) is 9.97 Å². The SMILES string of the molecule is Oc1ccc(-c2ccc(O)cc2)cc1.c1cc(CCc2ccncc2)ccn1. The van der Waals surface area contributed by atoms with Crippen molar-refractivity contribution in [2.45, 2.75) is 12.8 Å². The maximum atomic E-state index is 9.11. The molecule has 2 N–H and O–H groups in total. The van der Waals surface area contributed by atoms with Crippen LogP contribution in [-0.4, -0.2) is 20.2 Å². The normalized spacial score (nSPS) is 10.0. The first-order chi connectivity index (χ1) is 13.7. The number of aromatic nitrogens is 2. The predicted molar refractivity (Wildman–Crippen MR) is 111 cm³/mol. The molecule has 4 nitrogen and oxygen atoms in total. The summed E-state index contributed by atoms with van der Waals surface area (Å²) in [5, 5.41) is 18.2. The Morgan fingerprint density at radius 2 is 0.786 bits per heavy atom. The highest BCUT2D eigenvalue weighted by Crippen LogP contribution is 2.23. The second-order valence-corrected chi connectivity index (χ2v) is 6.30. The molecule has 0 bridgehead atoms. The molecule has 4 aromatic rings. The molecule has 0 fully saturated rings. The fourth-order valence-electron chi connectivity index (χ4n) is 2.70. The van der Waals surface area contributed by atoms with Gasteiger partial charge < -0.3 is 10.2 Å². The van der Waals surface area contributed by atoms with Crippen molar-refractivity contribution in [3.05, 3.63) is 109 Å². The number of nitrogens with zero attached hydrogens (tertiary/aromatic N) is 2. The molecule has 4 rings (SSSR count). The highest BCUT2D eigenvalue weighted by atomic mass is 16.3. The summed E-state index contributed by atoms with van der Waals surface area (Å²) in [6.45, 7) is 0. The van der Waals surface area contributed by atoms with E-state index in [-0.39, 0.29) is 11.5 Å². The third-order valence-corrected chi connectivity index (χ3v) is 4.27. The number of hydrogen-bond acceptors (Lipinski definition) is 4. The number of pyridine rings is 2. The minimum Gasteiger partial charge on any atom is -0.508 e. The average molecular weight is 370 g/mol. The summed E-state index contributed by atoms with van der Waals surface area (Å²) >= 11 is 0. The van der Waals surface area contributed by atoms with Gasteiger partial charge in [0.2, 0.25) is 0 Å². The largest absolute Gasteiger partial charge is 0.508 e. The molecular formula is C24H22N2O2. The molecule has 0 radical (unpaired) electrons. The van der Waals surface area contributed by atoms with Gasteiger partial charge >= 0.3 is 0 Å². The smallest absolute Gasteiger partial charge is 0.115 e. The van der Waals surface area contributed by atoms with Crippen LogP contribution in [0.3, 0.4) is 0 Å². The quantitative estimate of drug-likeness (QED) is 0.529. The summed E-state index contributed by atoms with van der Waals surface area (Å²) in [5.41, 5.74) is 4.69. The Morgan fingerprint density at radius 1 is 0.464 bits per heavy atom. The van der Waals surface area contributed by atoms with Crippen molar-refractivity contribution in [1.82, 2.24) is 9.97 Å². The number of rotatable bonds is 4. The van der Waals surface area contributed by atoms with E-state index in [1.165, 1.54) is 11.1 Å². The van der Waals surface area contributed by atoms with E-state index in [9.17, 15) is 0 Å². The van der Waals surface area contributed by atoms with Gasteiger partial charge in [0.15, 0.2) is 0 Å². The van der Waals surface area contributed by atoms with Crippen LogP contribution in [0.4, 0.5) is 0 Å². The zero-order valence-corrected chi connectivity index (χ0v) is 15.4. The standard InChI is InChI=1S/C12H12N2.C12H10O2/c1(11-3-7-13-8-4-11)2-12-5-9-14-10-6-12;13-11-5-1-9(2-6-11)10-3-7-12(14)8-4-10/h3-10H,1-2H2;1-8,13-14H. The average Bonchev–Trinajstić information content (AvgIpc) is 2.75. The van der Waals surface area contributed by atoms with Crippen molar-refractivity contribution in [3.63, 3.8) is 0 Å². The van der Waals surface area contributed by atoms with Gasteiger partial charge in [0.1, 0.15) is 11.5 Å². The fraction of sp³-hybridized carbons (Fsp3) is 0.0833. The number of phenols is 2. The molecule has 0 saturated carbocycles. The van der Waals surface area contributed by atoms with Gasteiger partial charge in [0, 0.05) is 24.8 Å². The zero-order chi connectivity index (χ0) is 19.6. The van der Waals surface area contributed by atoms with Crippen LogP contribution in [0, 0.1) is 0 Å². The number of benzene rings is 2. The summed E-state index contributed by atoms with van der Waals surface area (Å²) in [6.07, 6.45) is 9.46. The van der Waals surface area contributed by atoms with E-state index in [0.29, 0.717) is 0 Å². The van der Waals surface area contributed by atoms with E-state index in [1.807, 2.05) is 49.1 Å². The fourth-order valence-corrected chi connectivity index (χ4v) is 2.70. The highest BCUT2D eigenvalue weighted by Gasteiger charge is 1.97. The number of phenolic OH excluding ortho intramolecular Hbond substituents is 2. The summed E-state index contributed by atoms with van der Waals surface area (Å²) in [5.74, 6) is 0.514. The summed E-state index contributed by atoms with van der Waals surface area (Å²) in [4.78, 5) is 7.98. The summed E-state index contributed by atoms with van der Waals surface area (Å²) in [6, 6.07) is 22.1. The van der Waals surface area contributed by atoms with Gasteiger partial charge in [-0.1, -0.05) is 24.3 Å². The van der Waals surface area contributed by atoms with Gasteiger partial charge in [0.25, 0.3) is 0 Å². The summed E-state index contributed by atoms with van der Waals surface area (Å²) < 4.78 is 0. The first-order valence-electron chi connectivity index (χ1n) is 9.07. The number of aromatic hydroxyl groups is 2. The molecule has 2 aromatic heterocycles. The third-order valence-electron chi connectivity index (χ3n) is 4.27. The Morgan fingerprint density at radius 3 is 1.11 bits per heavy atom. The van der Waals surface area contributed by atoms with E-state index < -0.39 is 0 Å². The van der Waals surface area contributed by atoms with E-state index in [4.69, 9.17) is 10.2 Å². The molecule has 0 aliphatic heterocycles. The first-order valence-corrected chi connectivity index (χ1v) is 9.07. The van der Waals surface area contributed by atoms with Crippen LogP contribution in [0.2, 0.25) is 0 Å². The van der Waals surface area contributed by atoms with Crippen LogP contribution >= 0.6 is 0 Å². The van der Waals surface area contributed by atoms with Crippen molar-refractivity contribution < 1.29 is 10.2 Å². The molecule has 0 saturated heterocycles. The first kappa shape index (κ1) is 19.1.